The van der Waals surface area contributed by atoms with E-state index in [0.717, 1.165) is 5.56 Å². The Hall–Kier alpha value is -3.09. The first-order valence-corrected chi connectivity index (χ1v) is 6.96. The number of nitrogens with one attached hydrogen (secondary N) is 2. The Labute approximate surface area is 133 Å². The van der Waals surface area contributed by atoms with E-state index in [1.807, 2.05) is 0 Å². The van der Waals surface area contributed by atoms with Crippen molar-refractivity contribution in [2.45, 2.75) is 6.42 Å². The van der Waals surface area contributed by atoms with Crippen LogP contribution in [0.1, 0.15) is 16.1 Å². The number of esters is 1. The molecule has 120 valence electrons. The Kier molecular flexibility index (Phi) is 5.51. The molecule has 2 amide bonds. The molecule has 1 aromatic carbocycles. The highest BCUT2D eigenvalue weighted by Crippen LogP contribution is 2.13. The second-order valence-corrected chi connectivity index (χ2v) is 4.69. The molecule has 7 nitrogen and oxygen atoms in total. The SMILES string of the molecule is COC(=O)c1ncccc1NC(=O)NCCc1ccc(O)cc1. The van der Waals surface area contributed by atoms with Crippen molar-refractivity contribution in [2.24, 2.45) is 0 Å². The molecule has 0 radical (unpaired) electrons. The van der Waals surface area contributed by atoms with Gasteiger partial charge in [0.2, 0.25) is 0 Å². The van der Waals surface area contributed by atoms with Crippen LogP contribution >= 0.6 is 0 Å². The van der Waals surface area contributed by atoms with Gasteiger partial charge in [0.15, 0.2) is 5.69 Å². The second kappa shape index (κ2) is 7.79. The standard InChI is InChI=1S/C16H17N3O4/c1-23-15(21)14-13(3-2-9-17-14)19-16(22)18-10-8-11-4-6-12(20)7-5-11/h2-7,9,20H,8,10H2,1H3,(H2,18,19,22). The number of aromatic hydroxyl groups is 1. The van der Waals surface area contributed by atoms with E-state index in [9.17, 15) is 14.7 Å². The van der Waals surface area contributed by atoms with Crippen molar-refractivity contribution < 1.29 is 19.4 Å². The van der Waals surface area contributed by atoms with Gasteiger partial charge in [0.25, 0.3) is 0 Å². The summed E-state index contributed by atoms with van der Waals surface area (Å²) in [6, 6.07) is 9.48. The van der Waals surface area contributed by atoms with Gasteiger partial charge in [-0.05, 0) is 36.2 Å². The number of amides is 2. The maximum absolute atomic E-state index is 11.9. The molecule has 23 heavy (non-hydrogen) atoms. The number of rotatable bonds is 5. The second-order valence-electron chi connectivity index (χ2n) is 4.69. The minimum atomic E-state index is -0.620. The molecule has 7 heteroatoms. The number of hydrogen-bond donors (Lipinski definition) is 3. The van der Waals surface area contributed by atoms with Gasteiger partial charge >= 0.3 is 12.0 Å². The Morgan fingerprint density at radius 2 is 1.96 bits per heavy atom. The molecule has 1 aromatic heterocycles. The summed E-state index contributed by atoms with van der Waals surface area (Å²) in [4.78, 5) is 27.3. The number of urea groups is 1. The number of ether oxygens (including phenoxy) is 1. The van der Waals surface area contributed by atoms with Gasteiger partial charge in [-0.1, -0.05) is 12.1 Å². The zero-order chi connectivity index (χ0) is 16.7. The van der Waals surface area contributed by atoms with E-state index in [2.05, 4.69) is 20.4 Å². The number of carbonyl (C=O) groups excluding carboxylic acids is 2. The minimum Gasteiger partial charge on any atom is -0.508 e. The largest absolute Gasteiger partial charge is 0.508 e. The number of anilines is 1. The highest BCUT2D eigenvalue weighted by Gasteiger charge is 2.14. The number of hydrogen-bond acceptors (Lipinski definition) is 5. The molecule has 2 rings (SSSR count). The monoisotopic (exact) mass is 315 g/mol. The molecule has 0 fully saturated rings. The molecule has 0 bridgehead atoms. The number of phenolic OH excluding ortho intramolecular Hbond substituents is 1. The van der Waals surface area contributed by atoms with E-state index in [0.29, 0.717) is 13.0 Å². The van der Waals surface area contributed by atoms with Crippen LogP contribution < -0.4 is 10.6 Å². The van der Waals surface area contributed by atoms with Crippen LogP contribution in [0.3, 0.4) is 0 Å². The summed E-state index contributed by atoms with van der Waals surface area (Å²) in [7, 11) is 1.25. The smallest absolute Gasteiger partial charge is 0.358 e. The van der Waals surface area contributed by atoms with Crippen molar-refractivity contribution >= 4 is 17.7 Å². The quantitative estimate of drug-likeness (QED) is 0.732. The number of carbonyl (C=O) groups is 2. The molecule has 0 unspecified atom stereocenters. The molecule has 0 aliphatic heterocycles. The van der Waals surface area contributed by atoms with Crippen molar-refractivity contribution in [1.82, 2.24) is 10.3 Å². The number of phenols is 1. The van der Waals surface area contributed by atoms with Gasteiger partial charge in [-0.2, -0.15) is 0 Å². The number of benzene rings is 1. The van der Waals surface area contributed by atoms with E-state index in [-0.39, 0.29) is 17.1 Å². The lowest BCUT2D eigenvalue weighted by atomic mass is 10.1. The zero-order valence-electron chi connectivity index (χ0n) is 12.6. The van der Waals surface area contributed by atoms with Crippen LogP contribution in [0.5, 0.6) is 5.75 Å². The Morgan fingerprint density at radius 3 is 2.65 bits per heavy atom. The van der Waals surface area contributed by atoms with Crippen molar-refractivity contribution in [3.8, 4) is 5.75 Å². The Morgan fingerprint density at radius 1 is 1.22 bits per heavy atom. The van der Waals surface area contributed by atoms with E-state index in [1.165, 1.54) is 13.3 Å². The van der Waals surface area contributed by atoms with Crippen molar-refractivity contribution in [1.29, 1.82) is 0 Å². The normalized spacial score (nSPS) is 9.96. The predicted molar refractivity (Wildman–Crippen MR) is 84.4 cm³/mol. The van der Waals surface area contributed by atoms with Gasteiger partial charge in [0.1, 0.15) is 5.75 Å². The number of pyridine rings is 1. The van der Waals surface area contributed by atoms with E-state index in [1.54, 1.807) is 36.4 Å². The number of aromatic nitrogens is 1. The lowest BCUT2D eigenvalue weighted by molar-refractivity contribution is 0.0595. The van der Waals surface area contributed by atoms with Gasteiger partial charge in [-0.25, -0.2) is 14.6 Å². The van der Waals surface area contributed by atoms with Crippen LogP contribution in [0.25, 0.3) is 0 Å². The van der Waals surface area contributed by atoms with E-state index < -0.39 is 12.0 Å². The summed E-state index contributed by atoms with van der Waals surface area (Å²) in [5, 5.41) is 14.5. The maximum Gasteiger partial charge on any atom is 0.358 e. The van der Waals surface area contributed by atoms with Gasteiger partial charge in [0.05, 0.1) is 12.8 Å². The topological polar surface area (TPSA) is 101 Å². The molecule has 1 heterocycles. The molecular formula is C16H17N3O4. The van der Waals surface area contributed by atoms with Crippen LogP contribution in [0.15, 0.2) is 42.6 Å². The molecule has 0 atom stereocenters. The van der Waals surface area contributed by atoms with Gasteiger partial charge in [0, 0.05) is 12.7 Å². The first-order valence-electron chi connectivity index (χ1n) is 6.96. The van der Waals surface area contributed by atoms with Gasteiger partial charge in [-0.15, -0.1) is 0 Å². The highest BCUT2D eigenvalue weighted by atomic mass is 16.5. The van der Waals surface area contributed by atoms with Crippen LogP contribution in [0.4, 0.5) is 10.5 Å². The summed E-state index contributed by atoms with van der Waals surface area (Å²) >= 11 is 0. The average molecular weight is 315 g/mol. The molecular weight excluding hydrogens is 298 g/mol. The van der Waals surface area contributed by atoms with Gasteiger partial charge < -0.3 is 20.5 Å². The molecule has 0 saturated carbocycles. The van der Waals surface area contributed by atoms with Crippen LogP contribution in [-0.4, -0.2) is 35.7 Å². The minimum absolute atomic E-state index is 0.0451. The van der Waals surface area contributed by atoms with E-state index >= 15 is 0 Å². The summed E-state index contributed by atoms with van der Waals surface area (Å²) in [6.07, 6.45) is 2.06. The summed E-state index contributed by atoms with van der Waals surface area (Å²) in [5.74, 6) is -0.420. The third kappa shape index (κ3) is 4.70. The van der Waals surface area contributed by atoms with Crippen molar-refractivity contribution in [3.63, 3.8) is 0 Å². The predicted octanol–water partition coefficient (Wildman–Crippen LogP) is 1.94. The molecule has 3 N–H and O–H groups in total. The van der Waals surface area contributed by atoms with Crippen LogP contribution in [0, 0.1) is 0 Å². The van der Waals surface area contributed by atoms with Crippen LogP contribution in [-0.2, 0) is 11.2 Å². The summed E-state index contributed by atoms with van der Waals surface area (Å²) < 4.78 is 4.61. The number of nitrogens with zero attached hydrogens (tertiary/aromatic N) is 1. The first-order chi connectivity index (χ1) is 11.1. The van der Waals surface area contributed by atoms with E-state index in [4.69, 9.17) is 0 Å². The molecule has 0 spiro atoms. The molecule has 0 aliphatic rings. The highest BCUT2D eigenvalue weighted by molar-refractivity contribution is 5.99. The van der Waals surface area contributed by atoms with Gasteiger partial charge in [-0.3, -0.25) is 0 Å². The third-order valence-corrected chi connectivity index (χ3v) is 3.07. The fourth-order valence-corrected chi connectivity index (χ4v) is 1.91. The lowest BCUT2D eigenvalue weighted by Gasteiger charge is -2.10. The maximum atomic E-state index is 11.9. The molecule has 0 saturated heterocycles. The Bertz CT molecular complexity index is 686. The van der Waals surface area contributed by atoms with Crippen molar-refractivity contribution in [3.05, 3.63) is 53.9 Å². The first kappa shape index (κ1) is 16.3. The lowest BCUT2D eigenvalue weighted by Crippen LogP contribution is -2.31. The average Bonchev–Trinajstić information content (AvgIpc) is 2.56. The molecule has 0 aliphatic carbocycles. The molecule has 2 aromatic rings. The number of methoxy groups -OCH3 is 1. The summed E-state index contributed by atoms with van der Waals surface area (Å²) in [5.41, 5.74) is 1.31. The summed E-state index contributed by atoms with van der Waals surface area (Å²) in [6.45, 7) is 0.407. The fraction of sp³-hybridized carbons (Fsp3) is 0.188. The zero-order valence-corrected chi connectivity index (χ0v) is 12.6. The fourth-order valence-electron chi connectivity index (χ4n) is 1.91. The Balaban J connectivity index is 1.88. The third-order valence-electron chi connectivity index (χ3n) is 3.07. The van der Waals surface area contributed by atoms with Crippen molar-refractivity contribution in [2.75, 3.05) is 19.0 Å². The van der Waals surface area contributed by atoms with Crippen LogP contribution in [0.2, 0.25) is 0 Å².